The summed E-state index contributed by atoms with van der Waals surface area (Å²) in [6.45, 7) is 9.98. The molecule has 1 aromatic rings. The topological polar surface area (TPSA) is 15.3 Å². The Morgan fingerprint density at radius 1 is 1.41 bits per heavy atom. The lowest BCUT2D eigenvalue weighted by Gasteiger charge is -2.37. The number of benzene rings is 1. The van der Waals surface area contributed by atoms with Gasteiger partial charge in [0.2, 0.25) is 0 Å². The van der Waals surface area contributed by atoms with Gasteiger partial charge in [0.1, 0.15) is 0 Å². The molecule has 0 aromatic heterocycles. The average Bonchev–Trinajstić information content (AvgIpc) is 2.32. The molecule has 1 N–H and O–H groups in total. The minimum Gasteiger partial charge on any atom is -0.368 e. The fourth-order valence-corrected chi connectivity index (χ4v) is 2.81. The molecule has 2 rings (SSSR count). The summed E-state index contributed by atoms with van der Waals surface area (Å²) >= 11 is 3.66. The summed E-state index contributed by atoms with van der Waals surface area (Å²) in [4.78, 5) is 2.48. The summed E-state index contributed by atoms with van der Waals surface area (Å²) < 4.78 is 1.20. The Hall–Kier alpha value is -0.540. The van der Waals surface area contributed by atoms with Crippen molar-refractivity contribution >= 4 is 21.6 Å². The molecule has 94 valence electrons. The number of piperazine rings is 1. The number of anilines is 1. The van der Waals surface area contributed by atoms with E-state index in [-0.39, 0.29) is 0 Å². The zero-order valence-electron chi connectivity index (χ0n) is 10.8. The SMILES string of the molecule is Cc1ccc(Br)c(N2CCNC(C(C)C)C2)c1. The molecule has 0 radical (unpaired) electrons. The Morgan fingerprint density at radius 3 is 2.88 bits per heavy atom. The van der Waals surface area contributed by atoms with Gasteiger partial charge in [-0.3, -0.25) is 0 Å². The van der Waals surface area contributed by atoms with Crippen LogP contribution >= 0.6 is 15.9 Å². The highest BCUT2D eigenvalue weighted by atomic mass is 79.9. The van der Waals surface area contributed by atoms with Crippen molar-refractivity contribution in [3.05, 3.63) is 28.2 Å². The van der Waals surface area contributed by atoms with E-state index in [9.17, 15) is 0 Å². The molecule has 0 aliphatic carbocycles. The highest BCUT2D eigenvalue weighted by Crippen LogP contribution is 2.28. The number of hydrogen-bond donors (Lipinski definition) is 1. The van der Waals surface area contributed by atoms with E-state index < -0.39 is 0 Å². The molecule has 3 heteroatoms. The summed E-state index contributed by atoms with van der Waals surface area (Å²) in [6, 6.07) is 7.16. The van der Waals surface area contributed by atoms with Gasteiger partial charge in [-0.15, -0.1) is 0 Å². The van der Waals surface area contributed by atoms with Crippen LogP contribution in [0.25, 0.3) is 0 Å². The van der Waals surface area contributed by atoms with Gasteiger partial charge in [-0.25, -0.2) is 0 Å². The zero-order chi connectivity index (χ0) is 12.4. The summed E-state index contributed by atoms with van der Waals surface area (Å²) in [6.07, 6.45) is 0. The summed E-state index contributed by atoms with van der Waals surface area (Å²) in [7, 11) is 0. The summed E-state index contributed by atoms with van der Waals surface area (Å²) in [5.74, 6) is 0.682. The van der Waals surface area contributed by atoms with E-state index in [1.807, 2.05) is 0 Å². The van der Waals surface area contributed by atoms with Gasteiger partial charge >= 0.3 is 0 Å². The quantitative estimate of drug-likeness (QED) is 0.902. The first-order valence-electron chi connectivity index (χ1n) is 6.32. The molecule has 2 nitrogen and oxygen atoms in total. The molecule has 0 bridgehead atoms. The van der Waals surface area contributed by atoms with Crippen molar-refractivity contribution in [1.82, 2.24) is 5.32 Å². The Balaban J connectivity index is 2.18. The first-order valence-corrected chi connectivity index (χ1v) is 7.11. The molecule has 17 heavy (non-hydrogen) atoms. The predicted octanol–water partition coefficient (Wildman–Crippen LogP) is 3.19. The lowest BCUT2D eigenvalue weighted by molar-refractivity contribution is 0.368. The molecule has 1 unspecified atom stereocenters. The van der Waals surface area contributed by atoms with Gasteiger partial charge < -0.3 is 10.2 Å². The molecule has 1 aromatic carbocycles. The van der Waals surface area contributed by atoms with E-state index in [2.05, 4.69) is 65.1 Å². The largest absolute Gasteiger partial charge is 0.368 e. The monoisotopic (exact) mass is 296 g/mol. The third-order valence-corrected chi connectivity index (χ3v) is 4.12. The number of halogens is 1. The lowest BCUT2D eigenvalue weighted by Crippen LogP contribution is -2.53. The van der Waals surface area contributed by atoms with Gasteiger partial charge in [0.25, 0.3) is 0 Å². The first kappa shape index (κ1) is 12.9. The fraction of sp³-hybridized carbons (Fsp3) is 0.571. The van der Waals surface area contributed by atoms with Crippen LogP contribution in [0.3, 0.4) is 0 Å². The van der Waals surface area contributed by atoms with Crippen molar-refractivity contribution in [3.8, 4) is 0 Å². The molecule has 1 atom stereocenters. The Labute approximate surface area is 113 Å². The predicted molar refractivity (Wildman–Crippen MR) is 77.7 cm³/mol. The highest BCUT2D eigenvalue weighted by Gasteiger charge is 2.22. The molecule has 1 saturated heterocycles. The van der Waals surface area contributed by atoms with Crippen molar-refractivity contribution in [2.45, 2.75) is 26.8 Å². The third kappa shape index (κ3) is 3.02. The van der Waals surface area contributed by atoms with Crippen LogP contribution in [0.5, 0.6) is 0 Å². The Morgan fingerprint density at radius 2 is 2.18 bits per heavy atom. The highest BCUT2D eigenvalue weighted by molar-refractivity contribution is 9.10. The van der Waals surface area contributed by atoms with Gasteiger partial charge in [0.05, 0.1) is 5.69 Å². The van der Waals surface area contributed by atoms with E-state index in [1.54, 1.807) is 0 Å². The smallest absolute Gasteiger partial charge is 0.0514 e. The van der Waals surface area contributed by atoms with Crippen LogP contribution < -0.4 is 10.2 Å². The number of rotatable bonds is 2. The Kier molecular flexibility index (Phi) is 4.10. The summed E-state index contributed by atoms with van der Waals surface area (Å²) in [5, 5.41) is 3.60. The van der Waals surface area contributed by atoms with Crippen LogP contribution in [-0.4, -0.2) is 25.7 Å². The van der Waals surface area contributed by atoms with Crippen molar-refractivity contribution in [2.24, 2.45) is 5.92 Å². The maximum Gasteiger partial charge on any atom is 0.0514 e. The van der Waals surface area contributed by atoms with E-state index >= 15 is 0 Å². The summed E-state index contributed by atoms with van der Waals surface area (Å²) in [5.41, 5.74) is 2.65. The maximum atomic E-state index is 3.66. The van der Waals surface area contributed by atoms with Crippen LogP contribution in [0.4, 0.5) is 5.69 Å². The van der Waals surface area contributed by atoms with Crippen molar-refractivity contribution < 1.29 is 0 Å². The molecule has 1 heterocycles. The van der Waals surface area contributed by atoms with Gasteiger partial charge in [-0.2, -0.15) is 0 Å². The van der Waals surface area contributed by atoms with E-state index in [4.69, 9.17) is 0 Å². The second-order valence-electron chi connectivity index (χ2n) is 5.21. The van der Waals surface area contributed by atoms with E-state index in [1.165, 1.54) is 15.7 Å². The van der Waals surface area contributed by atoms with E-state index in [0.717, 1.165) is 19.6 Å². The van der Waals surface area contributed by atoms with Crippen LogP contribution in [-0.2, 0) is 0 Å². The molecule has 0 amide bonds. The van der Waals surface area contributed by atoms with Crippen molar-refractivity contribution in [2.75, 3.05) is 24.5 Å². The molecule has 1 fully saturated rings. The van der Waals surface area contributed by atoms with Crippen molar-refractivity contribution in [3.63, 3.8) is 0 Å². The molecule has 0 saturated carbocycles. The third-order valence-electron chi connectivity index (χ3n) is 3.45. The lowest BCUT2D eigenvalue weighted by atomic mass is 10.0. The van der Waals surface area contributed by atoms with Crippen LogP contribution in [0.1, 0.15) is 19.4 Å². The standard InChI is InChI=1S/C14H21BrN2/c1-10(2)13-9-17(7-6-16-13)14-8-11(3)4-5-12(14)15/h4-5,8,10,13,16H,6-7,9H2,1-3H3. The first-order chi connectivity index (χ1) is 8.08. The van der Waals surface area contributed by atoms with Crippen LogP contribution in [0.15, 0.2) is 22.7 Å². The minimum atomic E-state index is 0.594. The number of nitrogens with one attached hydrogen (secondary N) is 1. The number of aryl methyl sites for hydroxylation is 1. The van der Waals surface area contributed by atoms with Crippen LogP contribution in [0.2, 0.25) is 0 Å². The molecular formula is C14H21BrN2. The minimum absolute atomic E-state index is 0.594. The molecule has 0 spiro atoms. The molecule has 1 aliphatic rings. The van der Waals surface area contributed by atoms with Gasteiger partial charge in [0.15, 0.2) is 0 Å². The van der Waals surface area contributed by atoms with E-state index in [0.29, 0.717) is 12.0 Å². The molecular weight excluding hydrogens is 276 g/mol. The van der Waals surface area contributed by atoms with Gasteiger partial charge in [-0.1, -0.05) is 19.9 Å². The average molecular weight is 297 g/mol. The van der Waals surface area contributed by atoms with Crippen LogP contribution in [0, 0.1) is 12.8 Å². The van der Waals surface area contributed by atoms with Crippen molar-refractivity contribution in [1.29, 1.82) is 0 Å². The Bertz CT molecular complexity index is 390. The van der Waals surface area contributed by atoms with Gasteiger partial charge in [-0.05, 0) is 46.5 Å². The second-order valence-corrected chi connectivity index (χ2v) is 6.06. The van der Waals surface area contributed by atoms with Gasteiger partial charge in [0, 0.05) is 30.1 Å². The molecule has 1 aliphatic heterocycles. The number of hydrogen-bond acceptors (Lipinski definition) is 2. The second kappa shape index (κ2) is 5.40. The number of nitrogens with zero attached hydrogens (tertiary/aromatic N) is 1. The fourth-order valence-electron chi connectivity index (χ4n) is 2.31. The zero-order valence-corrected chi connectivity index (χ0v) is 12.4. The maximum absolute atomic E-state index is 3.66. The normalized spacial score (nSPS) is 21.0.